The highest BCUT2D eigenvalue weighted by Gasteiger charge is 2.20. The van der Waals surface area contributed by atoms with Crippen LogP contribution in [-0.4, -0.2) is 20.2 Å². The van der Waals surface area contributed by atoms with E-state index in [0.29, 0.717) is 11.4 Å². The molecule has 0 saturated carbocycles. The lowest BCUT2D eigenvalue weighted by Gasteiger charge is -2.08. The summed E-state index contributed by atoms with van der Waals surface area (Å²) in [5, 5.41) is 6.68. The third kappa shape index (κ3) is 3.97. The van der Waals surface area contributed by atoms with E-state index in [1.165, 1.54) is 18.7 Å². The number of rotatable bonds is 5. The normalized spacial score (nSPS) is 10.9. The van der Waals surface area contributed by atoms with E-state index in [4.69, 9.17) is 9.26 Å². The number of nitrogens with one attached hydrogen (secondary N) is 1. The number of fused-ring (bicyclic) bond motifs is 1. The van der Waals surface area contributed by atoms with Crippen LogP contribution in [0.4, 0.5) is 5.69 Å². The second kappa shape index (κ2) is 7.94. The molecule has 31 heavy (non-hydrogen) atoms. The van der Waals surface area contributed by atoms with Gasteiger partial charge in [-0.05, 0) is 43.3 Å². The zero-order valence-electron chi connectivity index (χ0n) is 17.2. The lowest BCUT2D eigenvalue weighted by Crippen LogP contribution is -2.36. The van der Waals surface area contributed by atoms with Gasteiger partial charge in [0, 0.05) is 19.8 Å². The van der Waals surface area contributed by atoms with Crippen LogP contribution < -0.4 is 21.3 Å². The molecular formula is C22H20N4O5. The van der Waals surface area contributed by atoms with Crippen LogP contribution in [0.25, 0.3) is 11.1 Å². The number of carbonyl (C=O) groups excluding carboxylic acids is 1. The van der Waals surface area contributed by atoms with Crippen molar-refractivity contribution in [2.75, 3.05) is 5.32 Å². The van der Waals surface area contributed by atoms with Crippen LogP contribution in [-0.2, 0) is 25.3 Å². The van der Waals surface area contributed by atoms with E-state index in [9.17, 15) is 14.4 Å². The highest BCUT2D eigenvalue weighted by molar-refractivity contribution is 5.94. The molecule has 0 bridgehead atoms. The van der Waals surface area contributed by atoms with E-state index in [1.807, 2.05) is 31.2 Å². The van der Waals surface area contributed by atoms with Gasteiger partial charge >= 0.3 is 5.69 Å². The van der Waals surface area contributed by atoms with Gasteiger partial charge in [0.2, 0.25) is 11.6 Å². The number of ether oxygens (including phenoxy) is 1. The zero-order chi connectivity index (χ0) is 22.1. The maximum Gasteiger partial charge on any atom is 0.333 e. The summed E-state index contributed by atoms with van der Waals surface area (Å²) >= 11 is 0. The maximum absolute atomic E-state index is 12.5. The van der Waals surface area contributed by atoms with Gasteiger partial charge < -0.3 is 14.6 Å². The van der Waals surface area contributed by atoms with Crippen LogP contribution in [0.3, 0.4) is 0 Å². The summed E-state index contributed by atoms with van der Waals surface area (Å²) in [5.41, 5.74) is 0.827. The minimum absolute atomic E-state index is 0.0357. The van der Waals surface area contributed by atoms with E-state index in [1.54, 1.807) is 24.3 Å². The number of amides is 1. The van der Waals surface area contributed by atoms with Crippen molar-refractivity contribution < 1.29 is 14.1 Å². The van der Waals surface area contributed by atoms with Gasteiger partial charge in [-0.1, -0.05) is 22.9 Å². The minimum atomic E-state index is -0.556. The topological polar surface area (TPSA) is 108 Å². The molecule has 0 saturated heterocycles. The fourth-order valence-electron chi connectivity index (χ4n) is 3.15. The van der Waals surface area contributed by atoms with Crippen LogP contribution in [0, 0.1) is 6.92 Å². The van der Waals surface area contributed by atoms with Gasteiger partial charge in [-0.3, -0.25) is 18.7 Å². The van der Waals surface area contributed by atoms with E-state index < -0.39 is 11.2 Å². The van der Waals surface area contributed by atoms with Gasteiger partial charge in [-0.2, -0.15) is 0 Å². The van der Waals surface area contributed by atoms with Crippen LogP contribution in [0.2, 0.25) is 0 Å². The van der Waals surface area contributed by atoms with Gasteiger partial charge in [0.15, 0.2) is 0 Å². The number of carbonyl (C=O) groups is 1. The van der Waals surface area contributed by atoms with Crippen LogP contribution in [0.15, 0.2) is 62.6 Å². The van der Waals surface area contributed by atoms with Gasteiger partial charge in [0.05, 0.1) is 6.42 Å². The highest BCUT2D eigenvalue weighted by Crippen LogP contribution is 2.23. The Morgan fingerprint density at radius 2 is 1.61 bits per heavy atom. The van der Waals surface area contributed by atoms with Crippen molar-refractivity contribution >= 4 is 22.7 Å². The van der Waals surface area contributed by atoms with Gasteiger partial charge in [-0.25, -0.2) is 4.79 Å². The SMILES string of the molecule is Cc1ccc(Oc2ccc(NC(=O)Cc3noc4c3c(=O)n(C)c(=O)n4C)cc2)cc1. The molecule has 0 aliphatic carbocycles. The van der Waals surface area contributed by atoms with Crippen LogP contribution in [0.5, 0.6) is 11.5 Å². The molecule has 158 valence electrons. The summed E-state index contributed by atoms with van der Waals surface area (Å²) in [6, 6.07) is 14.6. The molecule has 0 fully saturated rings. The van der Waals surface area contributed by atoms with Gasteiger partial charge in [0.25, 0.3) is 5.56 Å². The Kier molecular flexibility index (Phi) is 5.16. The minimum Gasteiger partial charge on any atom is -0.457 e. The Balaban J connectivity index is 1.47. The number of aryl methyl sites for hydroxylation is 2. The molecule has 9 heteroatoms. The number of hydrogen-bond donors (Lipinski definition) is 1. The Morgan fingerprint density at radius 1 is 1.00 bits per heavy atom. The summed E-state index contributed by atoms with van der Waals surface area (Å²) in [6.45, 7) is 2.00. The third-order valence-electron chi connectivity index (χ3n) is 4.86. The molecule has 0 unspecified atom stereocenters. The molecular weight excluding hydrogens is 400 g/mol. The fraction of sp³-hybridized carbons (Fsp3) is 0.182. The van der Waals surface area contributed by atoms with Crippen molar-refractivity contribution in [3.8, 4) is 11.5 Å². The van der Waals surface area contributed by atoms with Crippen molar-refractivity contribution in [2.45, 2.75) is 13.3 Å². The molecule has 1 amide bonds. The smallest absolute Gasteiger partial charge is 0.333 e. The summed E-state index contributed by atoms with van der Waals surface area (Å²) < 4.78 is 13.0. The molecule has 4 rings (SSSR count). The molecule has 4 aromatic rings. The second-order valence-corrected chi connectivity index (χ2v) is 7.18. The molecule has 0 aliphatic rings. The van der Waals surface area contributed by atoms with E-state index in [2.05, 4.69) is 10.5 Å². The monoisotopic (exact) mass is 420 g/mol. The number of benzene rings is 2. The van der Waals surface area contributed by atoms with Crippen molar-refractivity contribution in [1.82, 2.24) is 14.3 Å². The lowest BCUT2D eigenvalue weighted by molar-refractivity contribution is -0.115. The first-order valence-corrected chi connectivity index (χ1v) is 9.52. The van der Waals surface area contributed by atoms with Gasteiger partial charge in [0.1, 0.15) is 22.6 Å². The van der Waals surface area contributed by atoms with Crippen LogP contribution >= 0.6 is 0 Å². The summed E-state index contributed by atoms with van der Waals surface area (Å²) in [6.07, 6.45) is -0.179. The standard InChI is InChI=1S/C22H20N4O5/c1-13-4-8-15(9-5-13)30-16-10-6-14(7-11-16)23-18(27)12-17-19-20(28)25(2)22(29)26(3)21(19)31-24-17/h4-11H,12H2,1-3H3,(H,23,27). The Hall–Kier alpha value is -4.14. The number of aromatic nitrogens is 3. The average molecular weight is 420 g/mol. The van der Waals surface area contributed by atoms with Crippen molar-refractivity contribution in [3.63, 3.8) is 0 Å². The first-order valence-electron chi connectivity index (χ1n) is 9.52. The first kappa shape index (κ1) is 20.1. The van der Waals surface area contributed by atoms with Crippen LogP contribution in [0.1, 0.15) is 11.3 Å². The fourth-order valence-corrected chi connectivity index (χ4v) is 3.15. The zero-order valence-corrected chi connectivity index (χ0v) is 17.2. The average Bonchev–Trinajstić information content (AvgIpc) is 3.17. The molecule has 2 aromatic carbocycles. The molecule has 0 aliphatic heterocycles. The number of hydrogen-bond acceptors (Lipinski definition) is 6. The summed E-state index contributed by atoms with van der Waals surface area (Å²) in [5.74, 6) is 0.975. The third-order valence-corrected chi connectivity index (χ3v) is 4.86. The molecule has 2 aromatic heterocycles. The molecule has 0 radical (unpaired) electrons. The highest BCUT2D eigenvalue weighted by atomic mass is 16.5. The van der Waals surface area contributed by atoms with E-state index in [0.717, 1.165) is 15.9 Å². The molecule has 0 spiro atoms. The van der Waals surface area contributed by atoms with Crippen molar-refractivity contribution in [2.24, 2.45) is 14.1 Å². The molecule has 1 N–H and O–H groups in total. The quantitative estimate of drug-likeness (QED) is 0.531. The van der Waals surface area contributed by atoms with Crippen molar-refractivity contribution in [3.05, 3.63) is 80.6 Å². The Labute approximate surface area is 176 Å². The number of nitrogens with zero attached hydrogens (tertiary/aromatic N) is 3. The molecule has 2 heterocycles. The van der Waals surface area contributed by atoms with E-state index >= 15 is 0 Å². The Morgan fingerprint density at radius 3 is 2.26 bits per heavy atom. The van der Waals surface area contributed by atoms with Gasteiger partial charge in [-0.15, -0.1) is 0 Å². The lowest BCUT2D eigenvalue weighted by atomic mass is 10.2. The summed E-state index contributed by atoms with van der Waals surface area (Å²) in [7, 11) is 2.83. The second-order valence-electron chi connectivity index (χ2n) is 7.18. The predicted molar refractivity (Wildman–Crippen MR) is 115 cm³/mol. The molecule has 9 nitrogen and oxygen atoms in total. The molecule has 0 atom stereocenters. The van der Waals surface area contributed by atoms with Crippen molar-refractivity contribution in [1.29, 1.82) is 0 Å². The maximum atomic E-state index is 12.5. The largest absolute Gasteiger partial charge is 0.457 e. The summed E-state index contributed by atoms with van der Waals surface area (Å²) in [4.78, 5) is 36.9. The predicted octanol–water partition coefficient (Wildman–Crippen LogP) is 2.51. The number of anilines is 1. The van der Waals surface area contributed by atoms with E-state index in [-0.39, 0.29) is 29.1 Å². The Bertz CT molecular complexity index is 1380. The first-order chi connectivity index (χ1) is 14.8.